The van der Waals surface area contributed by atoms with Gasteiger partial charge in [0.1, 0.15) is 11.5 Å². The third kappa shape index (κ3) is 5.57. The van der Waals surface area contributed by atoms with Crippen molar-refractivity contribution in [2.45, 2.75) is 135 Å². The molecule has 0 unspecified atom stereocenters. The van der Waals surface area contributed by atoms with Crippen LogP contribution in [0.5, 0.6) is 11.5 Å². The van der Waals surface area contributed by atoms with E-state index >= 15 is 0 Å². The maximum absolute atomic E-state index is 11.6. The molecule has 192 valence electrons. The Morgan fingerprint density at radius 2 is 0.971 bits per heavy atom. The lowest BCUT2D eigenvalue weighted by Gasteiger charge is -2.36. The molecule has 0 amide bonds. The van der Waals surface area contributed by atoms with Crippen LogP contribution in [0.3, 0.4) is 0 Å². The Labute approximate surface area is 214 Å². The minimum absolute atomic E-state index is 0.0493. The maximum Gasteiger partial charge on any atom is 0.122 e. The average Bonchev–Trinajstić information content (AvgIpc) is 2.84. The molecule has 0 saturated heterocycles. The van der Waals surface area contributed by atoms with Crippen molar-refractivity contribution >= 4 is 0 Å². The molecule has 35 heavy (non-hydrogen) atoms. The second-order valence-electron chi connectivity index (χ2n) is 12.2. The Bertz CT molecular complexity index is 925. The van der Waals surface area contributed by atoms with Crippen LogP contribution in [0.2, 0.25) is 0 Å². The summed E-state index contributed by atoms with van der Waals surface area (Å²) in [6.45, 7) is 9.15. The molecule has 4 rings (SSSR count). The highest BCUT2D eigenvalue weighted by Crippen LogP contribution is 2.47. The summed E-state index contributed by atoms with van der Waals surface area (Å²) in [6, 6.07) is 9.00. The quantitative estimate of drug-likeness (QED) is 0.399. The SMILES string of the molecule is CCCc1cc(Cc2cc(CCC)cc(C3(C)CCCCC3)c2O)c(O)c(C2(C)CCCCC2)c1. The van der Waals surface area contributed by atoms with Crippen LogP contribution in [0.15, 0.2) is 24.3 Å². The third-order valence-electron chi connectivity index (χ3n) is 9.17. The van der Waals surface area contributed by atoms with Gasteiger partial charge in [-0.25, -0.2) is 0 Å². The summed E-state index contributed by atoms with van der Waals surface area (Å²) in [4.78, 5) is 0. The van der Waals surface area contributed by atoms with Crippen molar-refractivity contribution in [2.24, 2.45) is 0 Å². The van der Waals surface area contributed by atoms with Crippen LogP contribution in [0, 0.1) is 0 Å². The highest BCUT2D eigenvalue weighted by molar-refractivity contribution is 5.54. The summed E-state index contributed by atoms with van der Waals surface area (Å²) in [5.74, 6) is 0.944. The molecule has 0 spiro atoms. The van der Waals surface area contributed by atoms with E-state index in [0.29, 0.717) is 17.9 Å². The average molecular weight is 477 g/mol. The van der Waals surface area contributed by atoms with Gasteiger partial charge in [0.2, 0.25) is 0 Å². The van der Waals surface area contributed by atoms with Crippen LogP contribution >= 0.6 is 0 Å². The largest absolute Gasteiger partial charge is 0.507 e. The van der Waals surface area contributed by atoms with Gasteiger partial charge in [0, 0.05) is 17.5 Å². The fourth-order valence-corrected chi connectivity index (χ4v) is 6.98. The predicted octanol–water partition coefficient (Wildman–Crippen LogP) is 9.04. The van der Waals surface area contributed by atoms with Gasteiger partial charge in [-0.2, -0.15) is 0 Å². The van der Waals surface area contributed by atoms with Crippen LogP contribution in [-0.4, -0.2) is 10.2 Å². The van der Waals surface area contributed by atoms with E-state index in [9.17, 15) is 10.2 Å². The fraction of sp³-hybridized carbons (Fsp3) is 0.636. The Hall–Kier alpha value is -1.96. The molecule has 2 aliphatic carbocycles. The molecule has 2 aromatic carbocycles. The molecule has 2 heteroatoms. The number of phenols is 2. The standard InChI is InChI=1S/C33H48O2/c1-5-13-24-19-26(30(34)28(21-24)32(3)15-9-7-10-16-32)23-27-20-25(14-6-2)22-29(31(27)35)33(4)17-11-8-12-18-33/h19-22,34-35H,5-18,23H2,1-4H3. The molecule has 0 atom stereocenters. The number of hydrogen-bond acceptors (Lipinski definition) is 2. The fourth-order valence-electron chi connectivity index (χ4n) is 6.98. The van der Waals surface area contributed by atoms with Crippen LogP contribution < -0.4 is 0 Å². The van der Waals surface area contributed by atoms with Gasteiger partial charge in [0.05, 0.1) is 0 Å². The summed E-state index contributed by atoms with van der Waals surface area (Å²) in [5, 5.41) is 23.2. The number of aromatic hydroxyl groups is 2. The minimum atomic E-state index is 0.0493. The van der Waals surface area contributed by atoms with Gasteiger partial charge in [-0.3, -0.25) is 0 Å². The third-order valence-corrected chi connectivity index (χ3v) is 9.17. The first-order valence-electron chi connectivity index (χ1n) is 14.5. The predicted molar refractivity (Wildman–Crippen MR) is 148 cm³/mol. The zero-order valence-electron chi connectivity index (χ0n) is 22.8. The Morgan fingerprint density at radius 1 is 0.600 bits per heavy atom. The van der Waals surface area contributed by atoms with Crippen LogP contribution in [0.4, 0.5) is 0 Å². The van der Waals surface area contributed by atoms with Gasteiger partial charge < -0.3 is 10.2 Å². The van der Waals surface area contributed by atoms with E-state index in [1.165, 1.54) is 49.7 Å². The first-order valence-corrected chi connectivity index (χ1v) is 14.5. The van der Waals surface area contributed by atoms with Gasteiger partial charge in [0.25, 0.3) is 0 Å². The second kappa shape index (κ2) is 11.0. The van der Waals surface area contributed by atoms with Crippen molar-refractivity contribution in [3.63, 3.8) is 0 Å². The van der Waals surface area contributed by atoms with Crippen LogP contribution in [0.25, 0.3) is 0 Å². The first-order chi connectivity index (χ1) is 16.8. The number of benzene rings is 2. The smallest absolute Gasteiger partial charge is 0.122 e. The summed E-state index contributed by atoms with van der Waals surface area (Å²) in [5.41, 5.74) is 7.00. The van der Waals surface area contributed by atoms with E-state index in [0.717, 1.165) is 73.6 Å². The molecule has 2 aliphatic rings. The van der Waals surface area contributed by atoms with Crippen molar-refractivity contribution in [3.8, 4) is 11.5 Å². The molecule has 0 heterocycles. The van der Waals surface area contributed by atoms with E-state index in [2.05, 4.69) is 52.0 Å². The highest BCUT2D eigenvalue weighted by Gasteiger charge is 2.34. The number of phenolic OH excluding ortho intramolecular Hbond substituents is 2. The Kier molecular flexibility index (Phi) is 8.19. The van der Waals surface area contributed by atoms with Gasteiger partial charge in [-0.05, 0) is 71.6 Å². The van der Waals surface area contributed by atoms with E-state index < -0.39 is 0 Å². The summed E-state index contributed by atoms with van der Waals surface area (Å²) in [7, 11) is 0. The van der Waals surface area contributed by atoms with Gasteiger partial charge in [-0.1, -0.05) is 103 Å². The highest BCUT2D eigenvalue weighted by atomic mass is 16.3. The van der Waals surface area contributed by atoms with Crippen molar-refractivity contribution in [2.75, 3.05) is 0 Å². The van der Waals surface area contributed by atoms with E-state index in [1.54, 1.807) is 0 Å². The molecule has 2 nitrogen and oxygen atoms in total. The lowest BCUT2D eigenvalue weighted by molar-refractivity contribution is 0.306. The molecule has 2 aromatic rings. The maximum atomic E-state index is 11.6. The molecule has 2 N–H and O–H groups in total. The van der Waals surface area contributed by atoms with E-state index in [4.69, 9.17) is 0 Å². The normalized spacial score (nSPS) is 19.5. The minimum Gasteiger partial charge on any atom is -0.507 e. The van der Waals surface area contributed by atoms with Crippen LogP contribution in [-0.2, 0) is 30.1 Å². The Balaban J connectivity index is 1.79. The summed E-state index contributed by atoms with van der Waals surface area (Å²) < 4.78 is 0. The van der Waals surface area contributed by atoms with Crippen molar-refractivity contribution in [1.29, 1.82) is 0 Å². The lowest BCUT2D eigenvalue weighted by Crippen LogP contribution is -2.26. The molecule has 2 fully saturated rings. The molecular weight excluding hydrogens is 428 g/mol. The van der Waals surface area contributed by atoms with Gasteiger partial charge in [0.15, 0.2) is 0 Å². The summed E-state index contributed by atoms with van der Waals surface area (Å²) >= 11 is 0. The van der Waals surface area contributed by atoms with Gasteiger partial charge in [-0.15, -0.1) is 0 Å². The number of hydrogen-bond donors (Lipinski definition) is 2. The molecular formula is C33H48O2. The lowest BCUT2D eigenvalue weighted by atomic mass is 9.69. The molecule has 2 saturated carbocycles. The molecule has 0 aromatic heterocycles. The molecule has 0 bridgehead atoms. The van der Waals surface area contributed by atoms with Crippen molar-refractivity contribution < 1.29 is 10.2 Å². The number of rotatable bonds is 8. The molecule has 0 aliphatic heterocycles. The zero-order valence-corrected chi connectivity index (χ0v) is 22.8. The van der Waals surface area contributed by atoms with Crippen molar-refractivity contribution in [3.05, 3.63) is 57.6 Å². The Morgan fingerprint density at radius 3 is 1.31 bits per heavy atom. The van der Waals surface area contributed by atoms with Crippen molar-refractivity contribution in [1.82, 2.24) is 0 Å². The summed E-state index contributed by atoms with van der Waals surface area (Å²) in [6.07, 6.45) is 17.0. The zero-order chi connectivity index (χ0) is 25.1. The van der Waals surface area contributed by atoms with E-state index in [1.807, 2.05) is 0 Å². The first kappa shape index (κ1) is 26.1. The second-order valence-corrected chi connectivity index (χ2v) is 12.2. The van der Waals surface area contributed by atoms with Crippen LogP contribution in [0.1, 0.15) is 138 Å². The monoisotopic (exact) mass is 476 g/mol. The van der Waals surface area contributed by atoms with E-state index in [-0.39, 0.29) is 10.8 Å². The number of aryl methyl sites for hydroxylation is 2. The topological polar surface area (TPSA) is 40.5 Å². The molecule has 0 radical (unpaired) electrons. The van der Waals surface area contributed by atoms with Gasteiger partial charge >= 0.3 is 0 Å².